The van der Waals surface area contributed by atoms with E-state index in [1.165, 1.54) is 0 Å². The van der Waals surface area contributed by atoms with E-state index in [4.69, 9.17) is 4.74 Å². The molecule has 2 rings (SSSR count). The number of nitrogens with zero attached hydrogens (tertiary/aromatic N) is 1. The number of aldehydes is 1. The van der Waals surface area contributed by atoms with E-state index in [1.807, 2.05) is 81.4 Å². The van der Waals surface area contributed by atoms with Crippen LogP contribution in [-0.4, -0.2) is 24.5 Å². The van der Waals surface area contributed by atoms with Crippen molar-refractivity contribution in [3.8, 4) is 0 Å². The molecule has 4 heteroatoms. The van der Waals surface area contributed by atoms with E-state index in [1.54, 1.807) is 4.90 Å². The molecule has 0 aliphatic rings. The van der Waals surface area contributed by atoms with Crippen LogP contribution in [0.2, 0.25) is 0 Å². The Hall–Kier alpha value is -2.62. The maximum absolute atomic E-state index is 12.7. The first kappa shape index (κ1) is 18.7. The third kappa shape index (κ3) is 5.75. The zero-order valence-corrected chi connectivity index (χ0v) is 15.0. The largest absolute Gasteiger partial charge is 0.443 e. The van der Waals surface area contributed by atoms with Gasteiger partial charge in [0.05, 0.1) is 0 Å². The number of hydrogen-bond acceptors (Lipinski definition) is 3. The third-order valence-corrected chi connectivity index (χ3v) is 3.74. The number of ether oxygens (including phenoxy) is 1. The van der Waals surface area contributed by atoms with Crippen LogP contribution in [0.4, 0.5) is 10.5 Å². The fourth-order valence-electron chi connectivity index (χ4n) is 2.59. The van der Waals surface area contributed by atoms with Gasteiger partial charge in [-0.05, 0) is 38.5 Å². The molecule has 0 aromatic heterocycles. The quantitative estimate of drug-likeness (QED) is 0.710. The molecule has 0 aliphatic carbocycles. The first-order valence-corrected chi connectivity index (χ1v) is 8.45. The van der Waals surface area contributed by atoms with Crippen LogP contribution in [-0.2, 0) is 9.53 Å². The summed E-state index contributed by atoms with van der Waals surface area (Å²) in [6, 6.07) is 19.2. The summed E-state index contributed by atoms with van der Waals surface area (Å²) in [6.07, 6.45) is 0.831. The maximum Gasteiger partial charge on any atom is 0.414 e. The second kappa shape index (κ2) is 8.47. The lowest BCUT2D eigenvalue weighted by Gasteiger charge is -2.30. The van der Waals surface area contributed by atoms with Crippen LogP contribution in [0, 0.1) is 0 Å². The monoisotopic (exact) mass is 339 g/mol. The molecule has 4 nitrogen and oxygen atoms in total. The highest BCUT2D eigenvalue weighted by Gasteiger charge is 2.26. The highest BCUT2D eigenvalue weighted by molar-refractivity contribution is 5.88. The van der Waals surface area contributed by atoms with Crippen molar-refractivity contribution in [3.63, 3.8) is 0 Å². The summed E-state index contributed by atoms with van der Waals surface area (Å²) in [6.45, 7) is 5.90. The van der Waals surface area contributed by atoms with E-state index in [-0.39, 0.29) is 5.92 Å². The van der Waals surface area contributed by atoms with Crippen LogP contribution in [0.15, 0.2) is 60.7 Å². The van der Waals surface area contributed by atoms with Gasteiger partial charge in [-0.15, -0.1) is 0 Å². The SMILES string of the molecule is CC(C)(C)OC(=O)N(C[C@@H](CC=O)c1ccccc1)c1ccccc1. The number of carbonyl (C=O) groups is 2. The molecule has 0 bridgehead atoms. The summed E-state index contributed by atoms with van der Waals surface area (Å²) in [5.74, 6) is -0.0913. The zero-order valence-electron chi connectivity index (χ0n) is 15.0. The van der Waals surface area contributed by atoms with E-state index < -0.39 is 11.7 Å². The molecule has 0 aliphatic heterocycles. The number of carbonyl (C=O) groups excluding carboxylic acids is 2. The minimum atomic E-state index is -0.586. The molecule has 25 heavy (non-hydrogen) atoms. The molecule has 0 heterocycles. The van der Waals surface area contributed by atoms with Gasteiger partial charge in [-0.1, -0.05) is 48.5 Å². The Morgan fingerprint density at radius 3 is 2.12 bits per heavy atom. The van der Waals surface area contributed by atoms with Gasteiger partial charge < -0.3 is 9.53 Å². The van der Waals surface area contributed by atoms with Crippen molar-refractivity contribution < 1.29 is 14.3 Å². The third-order valence-electron chi connectivity index (χ3n) is 3.74. The van der Waals surface area contributed by atoms with E-state index >= 15 is 0 Å². The number of amides is 1. The average Bonchev–Trinajstić information content (AvgIpc) is 2.58. The molecule has 0 spiro atoms. The zero-order chi connectivity index (χ0) is 18.3. The maximum atomic E-state index is 12.7. The Kier molecular flexibility index (Phi) is 6.34. The van der Waals surface area contributed by atoms with Gasteiger partial charge in [-0.25, -0.2) is 4.79 Å². The van der Waals surface area contributed by atoms with Crippen LogP contribution >= 0.6 is 0 Å². The molecule has 1 amide bonds. The molecule has 1 atom stereocenters. The van der Waals surface area contributed by atoms with Crippen molar-refractivity contribution >= 4 is 18.1 Å². The Bertz CT molecular complexity index is 677. The molecule has 0 saturated heterocycles. The summed E-state index contributed by atoms with van der Waals surface area (Å²) in [5, 5.41) is 0. The number of benzene rings is 2. The van der Waals surface area contributed by atoms with Gasteiger partial charge in [0, 0.05) is 24.6 Å². The second-order valence-corrected chi connectivity index (χ2v) is 6.94. The van der Waals surface area contributed by atoms with Crippen LogP contribution in [0.5, 0.6) is 0 Å². The summed E-state index contributed by atoms with van der Waals surface area (Å²) in [5.41, 5.74) is 1.19. The standard InChI is InChI=1S/C21H25NO3/c1-21(2,3)25-20(24)22(19-12-8-5-9-13-19)16-18(14-15-23)17-10-6-4-7-11-17/h4-13,15,18H,14,16H2,1-3H3/t18-/m1/s1. The van der Waals surface area contributed by atoms with Gasteiger partial charge in [0.15, 0.2) is 0 Å². The molecule has 0 fully saturated rings. The smallest absolute Gasteiger partial charge is 0.414 e. The van der Waals surface area contributed by atoms with Crippen molar-refractivity contribution in [2.45, 2.75) is 38.7 Å². The number of anilines is 1. The molecule has 2 aromatic rings. The Balaban J connectivity index is 2.30. The lowest BCUT2D eigenvalue weighted by Crippen LogP contribution is -2.39. The normalized spacial score (nSPS) is 12.3. The molecule has 132 valence electrons. The van der Waals surface area contributed by atoms with Crippen molar-refractivity contribution in [1.82, 2.24) is 0 Å². The molecule has 2 aromatic carbocycles. The first-order chi connectivity index (χ1) is 11.9. The molecular formula is C21H25NO3. The Labute approximate surface area is 149 Å². The Morgan fingerprint density at radius 1 is 1.04 bits per heavy atom. The predicted octanol–water partition coefficient (Wildman–Crippen LogP) is 4.80. The molecule has 0 saturated carbocycles. The predicted molar refractivity (Wildman–Crippen MR) is 99.9 cm³/mol. The van der Waals surface area contributed by atoms with Crippen LogP contribution < -0.4 is 4.90 Å². The topological polar surface area (TPSA) is 46.6 Å². The molecule has 0 N–H and O–H groups in total. The van der Waals surface area contributed by atoms with E-state index in [9.17, 15) is 9.59 Å². The van der Waals surface area contributed by atoms with Gasteiger partial charge >= 0.3 is 6.09 Å². The summed E-state index contributed by atoms with van der Waals surface area (Å²) in [7, 11) is 0. The first-order valence-electron chi connectivity index (χ1n) is 8.45. The summed E-state index contributed by atoms with van der Waals surface area (Å²) < 4.78 is 5.57. The van der Waals surface area contributed by atoms with Crippen molar-refractivity contribution in [2.75, 3.05) is 11.4 Å². The lowest BCUT2D eigenvalue weighted by molar-refractivity contribution is -0.108. The van der Waals surface area contributed by atoms with Gasteiger partial charge in [-0.3, -0.25) is 4.90 Å². The highest BCUT2D eigenvalue weighted by Crippen LogP contribution is 2.25. The number of para-hydroxylation sites is 1. The second-order valence-electron chi connectivity index (χ2n) is 6.94. The van der Waals surface area contributed by atoms with E-state index in [0.717, 1.165) is 17.5 Å². The van der Waals surface area contributed by atoms with Crippen molar-refractivity contribution in [1.29, 1.82) is 0 Å². The summed E-state index contributed by atoms with van der Waals surface area (Å²) in [4.78, 5) is 25.5. The Morgan fingerprint density at radius 2 is 1.60 bits per heavy atom. The number of rotatable bonds is 6. The average molecular weight is 339 g/mol. The minimum Gasteiger partial charge on any atom is -0.443 e. The lowest BCUT2D eigenvalue weighted by atomic mass is 9.95. The van der Waals surface area contributed by atoms with Gasteiger partial charge in [0.1, 0.15) is 11.9 Å². The van der Waals surface area contributed by atoms with Gasteiger partial charge in [-0.2, -0.15) is 0 Å². The number of hydrogen-bond donors (Lipinski definition) is 0. The van der Waals surface area contributed by atoms with Crippen LogP contribution in [0.3, 0.4) is 0 Å². The molecule has 0 radical (unpaired) electrons. The minimum absolute atomic E-state index is 0.0913. The summed E-state index contributed by atoms with van der Waals surface area (Å²) >= 11 is 0. The van der Waals surface area contributed by atoms with E-state index in [2.05, 4.69) is 0 Å². The van der Waals surface area contributed by atoms with E-state index in [0.29, 0.717) is 13.0 Å². The van der Waals surface area contributed by atoms with Crippen LogP contribution in [0.25, 0.3) is 0 Å². The van der Waals surface area contributed by atoms with Crippen molar-refractivity contribution in [2.24, 2.45) is 0 Å². The molecule has 0 unspecified atom stereocenters. The van der Waals surface area contributed by atoms with Crippen LogP contribution in [0.1, 0.15) is 38.7 Å². The van der Waals surface area contributed by atoms with Gasteiger partial charge in [0.25, 0.3) is 0 Å². The fourth-order valence-corrected chi connectivity index (χ4v) is 2.59. The van der Waals surface area contributed by atoms with Crippen molar-refractivity contribution in [3.05, 3.63) is 66.2 Å². The molecular weight excluding hydrogens is 314 g/mol. The van der Waals surface area contributed by atoms with Gasteiger partial charge in [0.2, 0.25) is 0 Å². The fraction of sp³-hybridized carbons (Fsp3) is 0.333. The highest BCUT2D eigenvalue weighted by atomic mass is 16.6.